The summed E-state index contributed by atoms with van der Waals surface area (Å²) in [5.74, 6) is -2.95. The standard InChI is InChI=1S/C26H27FN4O6S2/c1-38(34,35)28-12-15-4-9-19-20(10-15)39(36,37)30-25(29-19)22-24(32)21-16-5-6-17(11-16)23(21)31(26(22)33)13-14-2-7-18(27)8-3-14/h2-4,7-10,16-17,21-23,28H,5-6,11-13H2,1H3,(H,29,30)/t16-,17+,21?,22?,23?/m0/s1. The van der Waals surface area contributed by atoms with Gasteiger partial charge in [0.2, 0.25) is 15.9 Å². The van der Waals surface area contributed by atoms with E-state index in [1.54, 1.807) is 23.1 Å². The molecule has 206 valence electrons. The van der Waals surface area contributed by atoms with Crippen LogP contribution >= 0.6 is 0 Å². The first-order chi connectivity index (χ1) is 18.4. The van der Waals surface area contributed by atoms with E-state index < -0.39 is 43.6 Å². The molecule has 2 aromatic carbocycles. The third kappa shape index (κ3) is 4.66. The number of nitrogens with one attached hydrogen (secondary N) is 2. The highest BCUT2D eigenvalue weighted by atomic mass is 32.2. The molecule has 2 heterocycles. The fraction of sp³-hybridized carbons (Fsp3) is 0.423. The van der Waals surface area contributed by atoms with Crippen LogP contribution in [0.25, 0.3) is 0 Å². The zero-order chi connectivity index (χ0) is 27.7. The Hall–Kier alpha value is -3.16. The molecule has 2 aliphatic heterocycles. The summed E-state index contributed by atoms with van der Waals surface area (Å²) in [6.45, 7) is 0.0718. The van der Waals surface area contributed by atoms with Crippen molar-refractivity contribution in [3.8, 4) is 0 Å². The van der Waals surface area contributed by atoms with Crippen LogP contribution in [0.3, 0.4) is 0 Å². The van der Waals surface area contributed by atoms with Crippen molar-refractivity contribution in [2.24, 2.45) is 28.1 Å². The lowest BCUT2D eigenvalue weighted by molar-refractivity contribution is -0.153. The third-order valence-corrected chi connectivity index (χ3v) is 10.3. The Labute approximate surface area is 225 Å². The number of hydrogen-bond acceptors (Lipinski definition) is 7. The Balaban J connectivity index is 1.34. The highest BCUT2D eigenvalue weighted by Crippen LogP contribution is 2.54. The van der Waals surface area contributed by atoms with Gasteiger partial charge in [0.15, 0.2) is 11.7 Å². The van der Waals surface area contributed by atoms with Gasteiger partial charge in [0.25, 0.3) is 10.0 Å². The normalized spacial score (nSPS) is 29.0. The van der Waals surface area contributed by atoms with Gasteiger partial charge in [-0.15, -0.1) is 4.40 Å². The Kier molecular flexibility index (Phi) is 6.16. The molecule has 1 amide bonds. The Bertz CT molecular complexity index is 1620. The first-order valence-electron chi connectivity index (χ1n) is 12.7. The lowest BCUT2D eigenvalue weighted by atomic mass is 9.73. The number of carbonyl (C=O) groups is 2. The number of piperidine rings is 1. The van der Waals surface area contributed by atoms with E-state index in [0.29, 0.717) is 11.1 Å². The molecule has 3 unspecified atom stereocenters. The summed E-state index contributed by atoms with van der Waals surface area (Å²) in [5.41, 5.74) is 1.28. The van der Waals surface area contributed by atoms with Crippen molar-refractivity contribution in [3.05, 3.63) is 59.4 Å². The molecule has 2 bridgehead atoms. The zero-order valence-corrected chi connectivity index (χ0v) is 22.6. The highest BCUT2D eigenvalue weighted by Gasteiger charge is 2.60. The number of amides is 1. The van der Waals surface area contributed by atoms with Crippen LogP contribution in [0.15, 0.2) is 51.8 Å². The second kappa shape index (κ2) is 9.20. The van der Waals surface area contributed by atoms with Gasteiger partial charge >= 0.3 is 0 Å². The minimum absolute atomic E-state index is 0.109. The lowest BCUT2D eigenvalue weighted by Crippen LogP contribution is -2.61. The number of halogens is 1. The van der Waals surface area contributed by atoms with Crippen LogP contribution in [-0.4, -0.2) is 51.6 Å². The summed E-state index contributed by atoms with van der Waals surface area (Å²) in [7, 11) is -7.78. The van der Waals surface area contributed by atoms with Crippen molar-refractivity contribution in [1.82, 2.24) is 9.62 Å². The van der Waals surface area contributed by atoms with Crippen LogP contribution in [0, 0.1) is 29.5 Å². The number of Topliss-reactive ketones (excluding diaryl/α,β-unsaturated/α-hetero) is 1. The highest BCUT2D eigenvalue weighted by molar-refractivity contribution is 7.90. The van der Waals surface area contributed by atoms with Gasteiger partial charge in [-0.05, 0) is 66.5 Å². The number of likely N-dealkylation sites (tertiary alicyclic amines) is 1. The van der Waals surface area contributed by atoms with Crippen LogP contribution in [0.1, 0.15) is 30.4 Å². The van der Waals surface area contributed by atoms with Gasteiger partial charge in [0, 0.05) is 25.0 Å². The SMILES string of the molecule is CS(=O)(=O)NCc1ccc2c(c1)S(=O)(=O)N=C(C1C(=O)C3C([C@@H]4CC[C@H]3C4)N(Cc3ccc(F)cc3)C1=O)N2. The van der Waals surface area contributed by atoms with E-state index in [1.165, 1.54) is 24.3 Å². The van der Waals surface area contributed by atoms with E-state index in [0.717, 1.165) is 25.5 Å². The summed E-state index contributed by atoms with van der Waals surface area (Å²) >= 11 is 0. The van der Waals surface area contributed by atoms with Crippen LogP contribution < -0.4 is 10.0 Å². The molecule has 13 heteroatoms. The van der Waals surface area contributed by atoms with Gasteiger partial charge in [-0.25, -0.2) is 17.5 Å². The summed E-state index contributed by atoms with van der Waals surface area (Å²) in [4.78, 5) is 29.3. The number of carbonyl (C=O) groups excluding carboxylic acids is 2. The number of benzene rings is 2. The van der Waals surface area contributed by atoms with Gasteiger partial charge in [0.05, 0.1) is 11.9 Å². The summed E-state index contributed by atoms with van der Waals surface area (Å²) < 4.78 is 69.0. The molecule has 0 radical (unpaired) electrons. The quantitative estimate of drug-likeness (QED) is 0.503. The molecular weight excluding hydrogens is 547 g/mol. The minimum atomic E-state index is -4.29. The maximum Gasteiger partial charge on any atom is 0.286 e. The molecule has 2 N–H and O–H groups in total. The Morgan fingerprint density at radius 3 is 2.49 bits per heavy atom. The molecule has 5 atom stereocenters. The van der Waals surface area contributed by atoms with Gasteiger partial charge in [-0.1, -0.05) is 18.2 Å². The van der Waals surface area contributed by atoms with Crippen molar-refractivity contribution >= 4 is 43.3 Å². The minimum Gasteiger partial charge on any atom is -0.341 e. The molecule has 0 aromatic heterocycles. The van der Waals surface area contributed by atoms with Crippen molar-refractivity contribution in [2.75, 3.05) is 11.6 Å². The maximum atomic E-state index is 13.9. The second-order valence-corrected chi connectivity index (χ2v) is 14.2. The van der Waals surface area contributed by atoms with Gasteiger partial charge in [0.1, 0.15) is 16.5 Å². The topological polar surface area (TPSA) is 142 Å². The number of nitrogens with zero attached hydrogens (tertiary/aromatic N) is 2. The predicted octanol–water partition coefficient (Wildman–Crippen LogP) is 2.03. The molecule has 10 nitrogen and oxygen atoms in total. The molecule has 39 heavy (non-hydrogen) atoms. The lowest BCUT2D eigenvalue weighted by Gasteiger charge is -2.45. The number of amidine groups is 1. The maximum absolute atomic E-state index is 13.9. The first kappa shape index (κ1) is 26.1. The average Bonchev–Trinajstić information content (AvgIpc) is 3.48. The summed E-state index contributed by atoms with van der Waals surface area (Å²) in [6.07, 6.45) is 3.65. The Morgan fingerprint density at radius 1 is 1.08 bits per heavy atom. The monoisotopic (exact) mass is 574 g/mol. The fourth-order valence-electron chi connectivity index (χ4n) is 6.63. The van der Waals surface area contributed by atoms with E-state index >= 15 is 0 Å². The van der Waals surface area contributed by atoms with Crippen molar-refractivity contribution in [2.45, 2.75) is 43.3 Å². The van der Waals surface area contributed by atoms with Gasteiger partial charge in [-0.3, -0.25) is 9.59 Å². The van der Waals surface area contributed by atoms with Crippen LogP contribution in [0.4, 0.5) is 10.1 Å². The van der Waals surface area contributed by atoms with Gasteiger partial charge in [-0.2, -0.15) is 8.42 Å². The predicted molar refractivity (Wildman–Crippen MR) is 140 cm³/mol. The largest absolute Gasteiger partial charge is 0.341 e. The summed E-state index contributed by atoms with van der Waals surface area (Å²) in [5, 5.41) is 2.91. The fourth-order valence-corrected chi connectivity index (χ4v) is 8.27. The van der Waals surface area contributed by atoms with Crippen molar-refractivity contribution in [1.29, 1.82) is 0 Å². The van der Waals surface area contributed by atoms with Crippen LogP contribution in [-0.2, 0) is 42.7 Å². The molecular formula is C26H27FN4O6S2. The second-order valence-electron chi connectivity index (χ2n) is 10.8. The molecule has 3 fully saturated rings. The van der Waals surface area contributed by atoms with E-state index in [2.05, 4.69) is 14.4 Å². The smallest absolute Gasteiger partial charge is 0.286 e. The van der Waals surface area contributed by atoms with E-state index in [4.69, 9.17) is 0 Å². The summed E-state index contributed by atoms with van der Waals surface area (Å²) in [6, 6.07) is 9.90. The number of hydrogen-bond donors (Lipinski definition) is 2. The molecule has 6 rings (SSSR count). The van der Waals surface area contributed by atoms with Crippen molar-refractivity contribution < 1.29 is 30.8 Å². The number of fused-ring (bicyclic) bond motifs is 6. The Morgan fingerprint density at radius 2 is 1.77 bits per heavy atom. The third-order valence-electron chi connectivity index (χ3n) is 8.26. The van der Waals surface area contributed by atoms with E-state index in [-0.39, 0.29) is 53.2 Å². The molecule has 4 aliphatic rings. The number of rotatable bonds is 6. The van der Waals surface area contributed by atoms with E-state index in [1.807, 2.05) is 0 Å². The van der Waals surface area contributed by atoms with Gasteiger partial charge < -0.3 is 10.2 Å². The first-order valence-corrected chi connectivity index (χ1v) is 16.0. The van der Waals surface area contributed by atoms with Crippen LogP contribution in [0.2, 0.25) is 0 Å². The molecule has 2 aromatic rings. The molecule has 0 spiro atoms. The average molecular weight is 575 g/mol. The number of anilines is 1. The van der Waals surface area contributed by atoms with Crippen molar-refractivity contribution in [3.63, 3.8) is 0 Å². The van der Waals surface area contributed by atoms with Crippen LogP contribution in [0.5, 0.6) is 0 Å². The number of ketones is 1. The molecule has 2 saturated carbocycles. The molecule has 1 saturated heterocycles. The van der Waals surface area contributed by atoms with E-state index in [9.17, 15) is 30.8 Å². The molecule has 2 aliphatic carbocycles. The zero-order valence-electron chi connectivity index (χ0n) is 21.0. The number of sulfonamides is 2.